The maximum absolute atomic E-state index is 13.0. The second kappa shape index (κ2) is 12.6. The van der Waals surface area contributed by atoms with Gasteiger partial charge in [0.1, 0.15) is 11.9 Å². The smallest absolute Gasteiger partial charge is 0.338 e. The molecule has 40 heavy (non-hydrogen) atoms. The summed E-state index contributed by atoms with van der Waals surface area (Å²) in [6.07, 6.45) is 8.96. The highest BCUT2D eigenvalue weighted by molar-refractivity contribution is 5.92. The number of nitrogens with zero attached hydrogens (tertiary/aromatic N) is 6. The zero-order valence-electron chi connectivity index (χ0n) is 22.4. The molecule has 1 aromatic carbocycles. The molecule has 210 valence electrons. The van der Waals surface area contributed by atoms with Crippen molar-refractivity contribution in [1.29, 1.82) is 0 Å². The minimum atomic E-state index is -1.06. The predicted molar refractivity (Wildman–Crippen MR) is 148 cm³/mol. The van der Waals surface area contributed by atoms with Crippen LogP contribution in [0.3, 0.4) is 0 Å². The molecule has 0 saturated carbocycles. The van der Waals surface area contributed by atoms with Gasteiger partial charge in [-0.3, -0.25) is 9.78 Å². The van der Waals surface area contributed by atoms with Crippen molar-refractivity contribution in [2.75, 3.05) is 47.9 Å². The molecule has 0 radical (unpaired) electrons. The molecule has 3 aromatic rings. The number of rotatable bonds is 9. The van der Waals surface area contributed by atoms with Gasteiger partial charge in [-0.2, -0.15) is 0 Å². The molecular weight excluding hydrogens is 514 g/mol. The molecule has 2 N–H and O–H groups in total. The van der Waals surface area contributed by atoms with Crippen LogP contribution in [0.1, 0.15) is 43.0 Å². The number of anilines is 3. The highest BCUT2D eigenvalue weighted by atomic mass is 16.5. The number of carboxylic acids is 1. The highest BCUT2D eigenvalue weighted by Crippen LogP contribution is 2.30. The monoisotopic (exact) mass is 547 g/mol. The van der Waals surface area contributed by atoms with Gasteiger partial charge >= 0.3 is 5.97 Å². The summed E-state index contributed by atoms with van der Waals surface area (Å²) >= 11 is 0. The van der Waals surface area contributed by atoms with Gasteiger partial charge in [-0.05, 0) is 44.7 Å². The fourth-order valence-electron chi connectivity index (χ4n) is 4.98. The van der Waals surface area contributed by atoms with Gasteiger partial charge in [-0.25, -0.2) is 19.7 Å². The van der Waals surface area contributed by atoms with Gasteiger partial charge in [0, 0.05) is 37.9 Å². The van der Waals surface area contributed by atoms with Crippen LogP contribution < -0.4 is 24.6 Å². The fraction of sp³-hybridized carbons (Fsp3) is 0.429. The van der Waals surface area contributed by atoms with Gasteiger partial charge in [0.15, 0.2) is 17.3 Å². The first-order valence-electron chi connectivity index (χ1n) is 13.6. The van der Waals surface area contributed by atoms with Crippen LogP contribution >= 0.6 is 0 Å². The van der Waals surface area contributed by atoms with Crippen LogP contribution in [0.15, 0.2) is 49.1 Å². The molecule has 4 heterocycles. The summed E-state index contributed by atoms with van der Waals surface area (Å²) < 4.78 is 12.0. The third-order valence-corrected chi connectivity index (χ3v) is 7.05. The standard InChI is InChI=1S/C28H33N7O5/c1-2-39-22-7-3-4-8-23(22)40-21-6-5-11-35(18-21)25-17-29-16-24(32-25)33-26(36)19-9-12-34(13-10-19)28-30-14-20(15-31-28)27(37)38/h3-4,7-8,14-17,19,21H,2,5-6,9-13,18H2,1H3,(H,37,38)(H,32,33,36)/t21-/m1/s1. The Labute approximate surface area is 232 Å². The first-order chi connectivity index (χ1) is 19.5. The van der Waals surface area contributed by atoms with Crippen LogP contribution in [0.25, 0.3) is 0 Å². The summed E-state index contributed by atoms with van der Waals surface area (Å²) in [5, 5.41) is 12.0. The maximum Gasteiger partial charge on any atom is 0.338 e. The quantitative estimate of drug-likeness (QED) is 0.407. The molecule has 0 aliphatic carbocycles. The van der Waals surface area contributed by atoms with E-state index in [0.29, 0.717) is 56.7 Å². The number of para-hydroxylation sites is 2. The summed E-state index contributed by atoms with van der Waals surface area (Å²) in [4.78, 5) is 45.4. The zero-order valence-corrected chi connectivity index (χ0v) is 22.4. The molecule has 2 aliphatic rings. The van der Waals surface area contributed by atoms with E-state index < -0.39 is 5.97 Å². The van der Waals surface area contributed by atoms with E-state index in [1.54, 1.807) is 12.4 Å². The SMILES string of the molecule is CCOc1ccccc1O[C@@H]1CCCN(c2cncc(NC(=O)C3CCN(c4ncc(C(=O)O)cn4)CC3)n2)C1. The van der Waals surface area contributed by atoms with E-state index in [2.05, 4.69) is 30.2 Å². The molecule has 12 nitrogen and oxygen atoms in total. The van der Waals surface area contributed by atoms with E-state index in [0.717, 1.165) is 30.9 Å². The van der Waals surface area contributed by atoms with Crippen LogP contribution in [-0.2, 0) is 4.79 Å². The predicted octanol–water partition coefficient (Wildman–Crippen LogP) is 3.27. The lowest BCUT2D eigenvalue weighted by atomic mass is 9.96. The molecule has 12 heteroatoms. The van der Waals surface area contributed by atoms with Gasteiger partial charge in [0.05, 0.1) is 31.1 Å². The molecule has 2 fully saturated rings. The highest BCUT2D eigenvalue weighted by Gasteiger charge is 2.28. The first-order valence-corrected chi connectivity index (χ1v) is 13.6. The molecular formula is C28H33N7O5. The molecule has 1 atom stereocenters. The van der Waals surface area contributed by atoms with Crippen LogP contribution in [0.2, 0.25) is 0 Å². The lowest BCUT2D eigenvalue weighted by Crippen LogP contribution is -2.42. The molecule has 2 aliphatic heterocycles. The number of hydrogen-bond donors (Lipinski definition) is 2. The number of carbonyl (C=O) groups is 2. The molecule has 0 spiro atoms. The topological polar surface area (TPSA) is 143 Å². The summed E-state index contributed by atoms with van der Waals surface area (Å²) in [6, 6.07) is 7.70. The lowest BCUT2D eigenvalue weighted by Gasteiger charge is -2.34. The number of carbonyl (C=O) groups excluding carboxylic acids is 1. The number of ether oxygens (including phenoxy) is 2. The first kappa shape index (κ1) is 27.1. The Hall–Kier alpha value is -4.48. The van der Waals surface area contributed by atoms with Gasteiger partial charge < -0.3 is 29.7 Å². The van der Waals surface area contributed by atoms with Gasteiger partial charge in [0.25, 0.3) is 0 Å². The molecule has 2 aromatic heterocycles. The second-order valence-electron chi connectivity index (χ2n) is 9.80. The summed E-state index contributed by atoms with van der Waals surface area (Å²) in [5.41, 5.74) is 0.0425. The van der Waals surface area contributed by atoms with Gasteiger partial charge in [-0.15, -0.1) is 0 Å². The van der Waals surface area contributed by atoms with E-state index in [-0.39, 0.29) is 23.5 Å². The van der Waals surface area contributed by atoms with E-state index in [1.165, 1.54) is 12.4 Å². The molecule has 0 unspecified atom stereocenters. The van der Waals surface area contributed by atoms with E-state index in [4.69, 9.17) is 14.6 Å². The van der Waals surface area contributed by atoms with Crippen molar-refractivity contribution in [2.45, 2.75) is 38.7 Å². The van der Waals surface area contributed by atoms with E-state index in [1.807, 2.05) is 36.1 Å². The normalized spacial score (nSPS) is 17.8. The maximum atomic E-state index is 13.0. The van der Waals surface area contributed by atoms with Crippen molar-refractivity contribution >= 4 is 29.5 Å². The van der Waals surface area contributed by atoms with Crippen molar-refractivity contribution < 1.29 is 24.2 Å². The van der Waals surface area contributed by atoms with Gasteiger partial charge in [0.2, 0.25) is 11.9 Å². The Balaban J connectivity index is 1.15. The number of carboxylic acid groups (broad SMARTS) is 1. The lowest BCUT2D eigenvalue weighted by molar-refractivity contribution is -0.120. The Kier molecular flexibility index (Phi) is 8.53. The fourth-order valence-corrected chi connectivity index (χ4v) is 4.98. The summed E-state index contributed by atoms with van der Waals surface area (Å²) in [6.45, 7) is 5.19. The van der Waals surface area contributed by atoms with Crippen molar-refractivity contribution in [3.8, 4) is 11.5 Å². The number of benzene rings is 1. The van der Waals surface area contributed by atoms with E-state index >= 15 is 0 Å². The number of aromatic carboxylic acids is 1. The number of nitrogens with one attached hydrogen (secondary N) is 1. The Bertz CT molecular complexity index is 1310. The molecule has 2 saturated heterocycles. The third kappa shape index (κ3) is 6.56. The summed E-state index contributed by atoms with van der Waals surface area (Å²) in [5.74, 6) is 1.71. The third-order valence-electron chi connectivity index (χ3n) is 7.05. The van der Waals surface area contributed by atoms with Crippen molar-refractivity contribution in [2.24, 2.45) is 5.92 Å². The van der Waals surface area contributed by atoms with Crippen molar-refractivity contribution in [1.82, 2.24) is 19.9 Å². The largest absolute Gasteiger partial charge is 0.490 e. The van der Waals surface area contributed by atoms with Crippen LogP contribution in [0, 0.1) is 5.92 Å². The Morgan fingerprint density at radius 2 is 1.75 bits per heavy atom. The van der Waals surface area contributed by atoms with Crippen LogP contribution in [0.5, 0.6) is 11.5 Å². The minimum absolute atomic E-state index is 0.0232. The average Bonchev–Trinajstić information content (AvgIpc) is 2.99. The van der Waals surface area contributed by atoms with Crippen LogP contribution in [0.4, 0.5) is 17.6 Å². The molecule has 5 rings (SSSR count). The number of aromatic nitrogens is 4. The Morgan fingerprint density at radius 3 is 2.48 bits per heavy atom. The average molecular weight is 548 g/mol. The van der Waals surface area contributed by atoms with Crippen molar-refractivity contribution in [3.63, 3.8) is 0 Å². The number of amides is 1. The summed E-state index contributed by atoms with van der Waals surface area (Å²) in [7, 11) is 0. The van der Waals surface area contributed by atoms with Crippen LogP contribution in [-0.4, -0.2) is 75.8 Å². The van der Waals surface area contributed by atoms with Crippen molar-refractivity contribution in [3.05, 3.63) is 54.6 Å². The number of hydrogen-bond acceptors (Lipinski definition) is 10. The van der Waals surface area contributed by atoms with E-state index in [9.17, 15) is 9.59 Å². The molecule has 0 bridgehead atoms. The molecule has 1 amide bonds. The Morgan fingerprint density at radius 1 is 1.00 bits per heavy atom. The second-order valence-corrected chi connectivity index (χ2v) is 9.80. The number of piperidine rings is 2. The minimum Gasteiger partial charge on any atom is -0.490 e. The zero-order chi connectivity index (χ0) is 27.9. The van der Waals surface area contributed by atoms with Gasteiger partial charge in [-0.1, -0.05) is 12.1 Å².